The lowest BCUT2D eigenvalue weighted by Gasteiger charge is -2.11. The average molecular weight is 240 g/mol. The minimum atomic E-state index is 0.587. The van der Waals surface area contributed by atoms with E-state index in [4.69, 9.17) is 11.6 Å². The van der Waals surface area contributed by atoms with Crippen molar-refractivity contribution in [3.63, 3.8) is 0 Å². The Morgan fingerprint density at radius 3 is 2.75 bits per heavy atom. The third-order valence-corrected chi connectivity index (χ3v) is 3.28. The van der Waals surface area contributed by atoms with Gasteiger partial charge in [0.25, 0.3) is 0 Å². The van der Waals surface area contributed by atoms with Crippen LogP contribution in [0.1, 0.15) is 37.6 Å². The zero-order valence-electron chi connectivity index (χ0n) is 9.89. The van der Waals surface area contributed by atoms with Crippen LogP contribution in [0.3, 0.4) is 0 Å². The molecular formula is C12H18ClN3. The van der Waals surface area contributed by atoms with Crippen molar-refractivity contribution >= 4 is 17.4 Å². The van der Waals surface area contributed by atoms with E-state index in [1.54, 1.807) is 0 Å². The van der Waals surface area contributed by atoms with Crippen LogP contribution in [0, 0.1) is 12.8 Å². The van der Waals surface area contributed by atoms with Gasteiger partial charge in [-0.3, -0.25) is 0 Å². The fourth-order valence-electron chi connectivity index (χ4n) is 1.82. The van der Waals surface area contributed by atoms with Crippen molar-refractivity contribution in [2.45, 2.75) is 39.5 Å². The van der Waals surface area contributed by atoms with E-state index < -0.39 is 0 Å². The van der Waals surface area contributed by atoms with E-state index in [1.807, 2.05) is 6.92 Å². The number of aryl methyl sites for hydroxylation is 1. The normalized spacial score (nSPS) is 15.2. The molecule has 1 aromatic heterocycles. The maximum Gasteiger partial charge on any atom is 0.138 e. The molecule has 1 fully saturated rings. The molecule has 0 aliphatic heterocycles. The van der Waals surface area contributed by atoms with Crippen LogP contribution in [0.15, 0.2) is 0 Å². The van der Waals surface area contributed by atoms with E-state index in [0.29, 0.717) is 5.15 Å². The molecular weight excluding hydrogens is 222 g/mol. The number of hydrogen-bond donors (Lipinski definition) is 1. The first-order chi connectivity index (χ1) is 7.70. The molecule has 0 atom stereocenters. The molecule has 0 bridgehead atoms. The van der Waals surface area contributed by atoms with Crippen molar-refractivity contribution in [3.05, 3.63) is 16.5 Å². The Labute approximate surface area is 102 Å². The summed E-state index contributed by atoms with van der Waals surface area (Å²) in [5.41, 5.74) is 1.03. The minimum Gasteiger partial charge on any atom is -0.370 e. The van der Waals surface area contributed by atoms with Crippen LogP contribution < -0.4 is 5.32 Å². The summed E-state index contributed by atoms with van der Waals surface area (Å²) in [4.78, 5) is 8.59. The molecule has 0 saturated heterocycles. The standard InChI is InChI=1S/C12H18ClN3/c1-3-10-11(13)15-8(2)16-12(10)14-7-6-9-4-5-9/h9H,3-7H2,1-2H3,(H,14,15,16). The topological polar surface area (TPSA) is 37.8 Å². The molecule has 3 nitrogen and oxygen atoms in total. The highest BCUT2D eigenvalue weighted by Gasteiger charge is 2.20. The van der Waals surface area contributed by atoms with Crippen LogP contribution in [0.25, 0.3) is 0 Å². The molecule has 0 aromatic carbocycles. The predicted molar refractivity (Wildman–Crippen MR) is 67.0 cm³/mol. The Kier molecular flexibility index (Phi) is 3.64. The fraction of sp³-hybridized carbons (Fsp3) is 0.667. The first-order valence-electron chi connectivity index (χ1n) is 5.97. The summed E-state index contributed by atoms with van der Waals surface area (Å²) in [6, 6.07) is 0. The summed E-state index contributed by atoms with van der Waals surface area (Å²) in [5.74, 6) is 2.59. The number of anilines is 1. The molecule has 0 amide bonds. The van der Waals surface area contributed by atoms with Crippen LogP contribution in [0.2, 0.25) is 5.15 Å². The number of nitrogens with one attached hydrogen (secondary N) is 1. The maximum atomic E-state index is 6.10. The van der Waals surface area contributed by atoms with E-state index in [-0.39, 0.29) is 0 Å². The van der Waals surface area contributed by atoms with E-state index >= 15 is 0 Å². The Morgan fingerprint density at radius 1 is 1.38 bits per heavy atom. The largest absolute Gasteiger partial charge is 0.370 e. The Hall–Kier alpha value is -0.830. The molecule has 0 unspecified atom stereocenters. The average Bonchev–Trinajstić information content (AvgIpc) is 3.01. The highest BCUT2D eigenvalue weighted by Crippen LogP contribution is 2.32. The van der Waals surface area contributed by atoms with Crippen molar-refractivity contribution in [3.8, 4) is 0 Å². The van der Waals surface area contributed by atoms with Crippen LogP contribution >= 0.6 is 11.6 Å². The van der Waals surface area contributed by atoms with Gasteiger partial charge < -0.3 is 5.32 Å². The van der Waals surface area contributed by atoms with Crippen LogP contribution in [0.5, 0.6) is 0 Å². The Morgan fingerprint density at radius 2 is 2.12 bits per heavy atom. The van der Waals surface area contributed by atoms with E-state index in [2.05, 4.69) is 22.2 Å². The summed E-state index contributed by atoms with van der Waals surface area (Å²) < 4.78 is 0. The first-order valence-corrected chi connectivity index (χ1v) is 6.35. The molecule has 1 saturated carbocycles. The quantitative estimate of drug-likeness (QED) is 0.802. The molecule has 1 aliphatic rings. The maximum absolute atomic E-state index is 6.10. The summed E-state index contributed by atoms with van der Waals surface area (Å²) in [7, 11) is 0. The first kappa shape index (κ1) is 11.6. The number of hydrogen-bond acceptors (Lipinski definition) is 3. The molecule has 1 aliphatic carbocycles. The number of aromatic nitrogens is 2. The van der Waals surface area contributed by atoms with Gasteiger partial charge in [0, 0.05) is 12.1 Å². The fourth-order valence-corrected chi connectivity index (χ4v) is 2.17. The van der Waals surface area contributed by atoms with Gasteiger partial charge >= 0.3 is 0 Å². The van der Waals surface area contributed by atoms with Crippen molar-refractivity contribution in [2.24, 2.45) is 5.92 Å². The zero-order chi connectivity index (χ0) is 11.5. The molecule has 4 heteroatoms. The summed E-state index contributed by atoms with van der Waals surface area (Å²) in [6.07, 6.45) is 4.90. The molecule has 88 valence electrons. The van der Waals surface area contributed by atoms with Gasteiger partial charge in [-0.15, -0.1) is 0 Å². The Bertz CT molecular complexity index is 375. The van der Waals surface area contributed by atoms with E-state index in [0.717, 1.165) is 36.1 Å². The number of nitrogens with zero attached hydrogens (tertiary/aromatic N) is 2. The monoisotopic (exact) mass is 239 g/mol. The van der Waals surface area contributed by atoms with Crippen molar-refractivity contribution in [2.75, 3.05) is 11.9 Å². The molecule has 0 spiro atoms. The SMILES string of the molecule is CCc1c(Cl)nc(C)nc1NCCC1CC1. The second-order valence-electron chi connectivity index (χ2n) is 4.40. The lowest BCUT2D eigenvalue weighted by Crippen LogP contribution is -2.09. The number of halogens is 1. The van der Waals surface area contributed by atoms with Gasteiger partial charge in [0.15, 0.2) is 0 Å². The lowest BCUT2D eigenvalue weighted by atomic mass is 10.2. The van der Waals surface area contributed by atoms with Gasteiger partial charge in [0.2, 0.25) is 0 Å². The van der Waals surface area contributed by atoms with E-state index in [9.17, 15) is 0 Å². The second-order valence-corrected chi connectivity index (χ2v) is 4.76. The van der Waals surface area contributed by atoms with Crippen molar-refractivity contribution in [1.29, 1.82) is 0 Å². The Balaban J connectivity index is 2.04. The predicted octanol–water partition coefficient (Wildman–Crippen LogP) is 3.21. The molecule has 1 N–H and O–H groups in total. The van der Waals surface area contributed by atoms with Crippen LogP contribution in [-0.2, 0) is 6.42 Å². The number of rotatable bonds is 5. The van der Waals surface area contributed by atoms with Gasteiger partial charge in [-0.2, -0.15) is 0 Å². The van der Waals surface area contributed by atoms with Gasteiger partial charge in [-0.05, 0) is 25.7 Å². The third kappa shape index (κ3) is 2.85. The van der Waals surface area contributed by atoms with Gasteiger partial charge in [0.1, 0.15) is 16.8 Å². The molecule has 0 radical (unpaired) electrons. The summed E-state index contributed by atoms with van der Waals surface area (Å²) >= 11 is 6.10. The second kappa shape index (κ2) is 5.00. The molecule has 1 heterocycles. The van der Waals surface area contributed by atoms with Crippen LogP contribution in [0.4, 0.5) is 5.82 Å². The molecule has 1 aromatic rings. The smallest absolute Gasteiger partial charge is 0.138 e. The van der Waals surface area contributed by atoms with Gasteiger partial charge in [-0.25, -0.2) is 9.97 Å². The van der Waals surface area contributed by atoms with Crippen LogP contribution in [-0.4, -0.2) is 16.5 Å². The highest BCUT2D eigenvalue weighted by atomic mass is 35.5. The van der Waals surface area contributed by atoms with E-state index in [1.165, 1.54) is 19.3 Å². The molecule has 16 heavy (non-hydrogen) atoms. The zero-order valence-corrected chi connectivity index (χ0v) is 10.6. The summed E-state index contributed by atoms with van der Waals surface area (Å²) in [5, 5.41) is 3.97. The van der Waals surface area contributed by atoms with Crippen molar-refractivity contribution < 1.29 is 0 Å². The molecule has 2 rings (SSSR count). The lowest BCUT2D eigenvalue weighted by molar-refractivity contribution is 0.756. The summed E-state index contributed by atoms with van der Waals surface area (Å²) in [6.45, 7) is 4.94. The van der Waals surface area contributed by atoms with Gasteiger partial charge in [0.05, 0.1) is 0 Å². The van der Waals surface area contributed by atoms with Crippen molar-refractivity contribution in [1.82, 2.24) is 9.97 Å². The third-order valence-electron chi connectivity index (χ3n) is 2.96. The highest BCUT2D eigenvalue weighted by molar-refractivity contribution is 6.30. The van der Waals surface area contributed by atoms with Gasteiger partial charge in [-0.1, -0.05) is 31.4 Å². The minimum absolute atomic E-state index is 0.587.